The maximum Gasteiger partial charge on any atom is 0.325 e. The fraction of sp³-hybridized carbons (Fsp3) is 0.333. The lowest BCUT2D eigenvalue weighted by atomic mass is 10.1. The summed E-state index contributed by atoms with van der Waals surface area (Å²) in [7, 11) is 2.17. The van der Waals surface area contributed by atoms with Crippen LogP contribution in [-0.2, 0) is 6.54 Å². The molecular weight excluding hydrogens is 354 g/mol. The highest BCUT2D eigenvalue weighted by molar-refractivity contribution is 5.86. The number of benzene rings is 1. The van der Waals surface area contributed by atoms with Crippen molar-refractivity contribution in [2.24, 2.45) is 5.73 Å². The molecule has 3 aromatic rings. The summed E-state index contributed by atoms with van der Waals surface area (Å²) >= 11 is 0. The summed E-state index contributed by atoms with van der Waals surface area (Å²) in [5, 5.41) is 1.04. The number of likely N-dealkylation sites (N-methyl/N-ethyl adjacent to an activating group) is 1. The van der Waals surface area contributed by atoms with E-state index in [1.54, 1.807) is 12.1 Å². The fourth-order valence-corrected chi connectivity index (χ4v) is 3.82. The van der Waals surface area contributed by atoms with Crippen molar-refractivity contribution in [2.75, 3.05) is 26.7 Å². The van der Waals surface area contributed by atoms with E-state index in [0.717, 1.165) is 41.6 Å². The number of aromatic amines is 1. The molecule has 0 radical (unpaired) electrons. The number of nitrogens with zero attached hydrogens (tertiary/aromatic N) is 3. The van der Waals surface area contributed by atoms with Crippen LogP contribution in [0.2, 0.25) is 0 Å². The Labute approximate surface area is 163 Å². The van der Waals surface area contributed by atoms with Crippen LogP contribution in [-0.4, -0.2) is 58.1 Å². The molecule has 7 nitrogen and oxygen atoms in total. The Balaban J connectivity index is 1.62. The largest absolute Gasteiger partial charge is 0.354 e. The molecule has 1 atom stereocenters. The minimum Gasteiger partial charge on any atom is -0.354 e. The van der Waals surface area contributed by atoms with Crippen molar-refractivity contribution >= 4 is 16.9 Å². The number of carbonyl (C=O) groups is 1. The van der Waals surface area contributed by atoms with Gasteiger partial charge in [-0.25, -0.2) is 9.36 Å². The van der Waals surface area contributed by atoms with Crippen LogP contribution >= 0.6 is 0 Å². The summed E-state index contributed by atoms with van der Waals surface area (Å²) in [6, 6.07) is 11.4. The third-order valence-electron chi connectivity index (χ3n) is 5.61. The van der Waals surface area contributed by atoms with Crippen LogP contribution in [0.4, 0.5) is 4.79 Å². The summed E-state index contributed by atoms with van der Waals surface area (Å²) in [4.78, 5) is 32.1. The lowest BCUT2D eigenvalue weighted by Crippen LogP contribution is -2.49. The van der Waals surface area contributed by atoms with Gasteiger partial charge >= 0.3 is 6.03 Å². The Kier molecular flexibility index (Phi) is 4.78. The van der Waals surface area contributed by atoms with Crippen molar-refractivity contribution in [3.63, 3.8) is 0 Å². The fourth-order valence-electron chi connectivity index (χ4n) is 3.82. The van der Waals surface area contributed by atoms with Gasteiger partial charge in [-0.05, 0) is 49.9 Å². The molecule has 0 bridgehead atoms. The molecular formula is C21H25N5O2. The Morgan fingerprint density at radius 2 is 2.07 bits per heavy atom. The molecule has 1 aromatic carbocycles. The van der Waals surface area contributed by atoms with Crippen LogP contribution in [0.15, 0.2) is 47.4 Å². The molecule has 1 aliphatic heterocycles. The molecule has 7 heteroatoms. The molecule has 0 aliphatic carbocycles. The van der Waals surface area contributed by atoms with Gasteiger partial charge in [0.1, 0.15) is 0 Å². The highest BCUT2D eigenvalue weighted by Crippen LogP contribution is 2.24. The average Bonchev–Trinajstić information content (AvgIpc) is 3.07. The van der Waals surface area contributed by atoms with E-state index in [4.69, 9.17) is 5.73 Å². The van der Waals surface area contributed by atoms with Crippen LogP contribution in [0.3, 0.4) is 0 Å². The summed E-state index contributed by atoms with van der Waals surface area (Å²) in [5.74, 6) is 0. The Morgan fingerprint density at radius 3 is 2.82 bits per heavy atom. The maximum absolute atomic E-state index is 12.5. The van der Waals surface area contributed by atoms with Crippen LogP contribution in [0.1, 0.15) is 12.5 Å². The van der Waals surface area contributed by atoms with Crippen molar-refractivity contribution < 1.29 is 4.79 Å². The molecule has 1 unspecified atom stereocenters. The number of nitrogens with one attached hydrogen (secondary N) is 1. The number of hydrogen-bond acceptors (Lipinski definition) is 4. The first-order chi connectivity index (χ1) is 13.4. The third kappa shape index (κ3) is 3.46. The van der Waals surface area contributed by atoms with Crippen LogP contribution in [0, 0.1) is 0 Å². The second-order valence-electron chi connectivity index (χ2n) is 7.60. The van der Waals surface area contributed by atoms with Gasteiger partial charge in [-0.15, -0.1) is 0 Å². The molecule has 0 saturated carbocycles. The number of aromatic nitrogens is 2. The number of pyridine rings is 1. The standard InChI is InChI=1S/C21H25N5O2/c1-14-12-25(9-8-24(14)2)13-15-5-6-18-16(10-15)11-19(23-18)17-4-3-7-26(20(17)27)21(22)28/h3-7,10-11,14,23H,8-9,12-13H2,1-2H3,(H2,22,28). The molecule has 146 valence electrons. The topological polar surface area (TPSA) is 87.4 Å². The van der Waals surface area contributed by atoms with E-state index in [0.29, 0.717) is 17.3 Å². The molecule has 3 heterocycles. The van der Waals surface area contributed by atoms with Crippen molar-refractivity contribution in [2.45, 2.75) is 19.5 Å². The number of primary amides is 1. The van der Waals surface area contributed by atoms with Gasteiger partial charge in [-0.1, -0.05) is 6.07 Å². The number of hydrogen-bond donors (Lipinski definition) is 2. The predicted molar refractivity (Wildman–Crippen MR) is 110 cm³/mol. The van der Waals surface area contributed by atoms with E-state index in [9.17, 15) is 9.59 Å². The molecule has 1 amide bonds. The van der Waals surface area contributed by atoms with Gasteiger partial charge in [0.15, 0.2) is 0 Å². The number of carbonyl (C=O) groups excluding carboxylic acids is 1. The van der Waals surface area contributed by atoms with Gasteiger partial charge < -0.3 is 15.6 Å². The third-order valence-corrected chi connectivity index (χ3v) is 5.61. The molecule has 1 aliphatic rings. The van der Waals surface area contributed by atoms with Crippen molar-refractivity contribution in [3.05, 3.63) is 58.5 Å². The van der Waals surface area contributed by atoms with Gasteiger partial charge in [0.2, 0.25) is 0 Å². The van der Waals surface area contributed by atoms with Gasteiger partial charge in [0.05, 0.1) is 11.3 Å². The van der Waals surface area contributed by atoms with Crippen LogP contribution < -0.4 is 11.3 Å². The Hall–Kier alpha value is -2.90. The van der Waals surface area contributed by atoms with Gasteiger partial charge in [-0.3, -0.25) is 9.69 Å². The Morgan fingerprint density at radius 1 is 1.25 bits per heavy atom. The van der Waals surface area contributed by atoms with Crippen LogP contribution in [0.25, 0.3) is 22.2 Å². The van der Waals surface area contributed by atoms with E-state index in [1.165, 1.54) is 11.8 Å². The normalized spacial score (nSPS) is 18.6. The lowest BCUT2D eigenvalue weighted by Gasteiger charge is -2.37. The van der Waals surface area contributed by atoms with Gasteiger partial charge in [-0.2, -0.15) is 0 Å². The first-order valence-corrected chi connectivity index (χ1v) is 9.48. The number of nitrogens with two attached hydrogens (primary N) is 1. The smallest absolute Gasteiger partial charge is 0.325 e. The van der Waals surface area contributed by atoms with Crippen molar-refractivity contribution in [1.29, 1.82) is 0 Å². The van der Waals surface area contributed by atoms with Gasteiger partial charge in [0.25, 0.3) is 5.56 Å². The first-order valence-electron chi connectivity index (χ1n) is 9.48. The molecule has 28 heavy (non-hydrogen) atoms. The van der Waals surface area contributed by atoms with Crippen molar-refractivity contribution in [1.82, 2.24) is 19.4 Å². The molecule has 1 saturated heterocycles. The van der Waals surface area contributed by atoms with Crippen LogP contribution in [0.5, 0.6) is 0 Å². The zero-order valence-corrected chi connectivity index (χ0v) is 16.2. The maximum atomic E-state index is 12.5. The van der Waals surface area contributed by atoms with E-state index in [2.05, 4.69) is 40.9 Å². The summed E-state index contributed by atoms with van der Waals surface area (Å²) in [6.45, 7) is 6.37. The average molecular weight is 379 g/mol. The van der Waals surface area contributed by atoms with Gasteiger partial charge in [0, 0.05) is 49.3 Å². The summed E-state index contributed by atoms with van der Waals surface area (Å²) < 4.78 is 0.917. The second-order valence-corrected chi connectivity index (χ2v) is 7.60. The zero-order chi connectivity index (χ0) is 19.8. The highest BCUT2D eigenvalue weighted by Gasteiger charge is 2.20. The van der Waals surface area contributed by atoms with E-state index in [-0.39, 0.29) is 0 Å². The van der Waals surface area contributed by atoms with E-state index < -0.39 is 11.6 Å². The minimum absolute atomic E-state index is 0.423. The SMILES string of the molecule is CC1CN(Cc2ccc3[nH]c(-c4cccn(C(N)=O)c4=O)cc3c2)CCN1C. The number of amides is 1. The minimum atomic E-state index is -0.786. The summed E-state index contributed by atoms with van der Waals surface area (Å²) in [5.41, 5.74) is 8.16. The quantitative estimate of drug-likeness (QED) is 0.729. The number of piperazine rings is 1. The highest BCUT2D eigenvalue weighted by atomic mass is 16.2. The summed E-state index contributed by atoms with van der Waals surface area (Å²) in [6.07, 6.45) is 1.38. The van der Waals surface area contributed by atoms with E-state index >= 15 is 0 Å². The lowest BCUT2D eigenvalue weighted by molar-refractivity contribution is 0.100. The molecule has 3 N–H and O–H groups in total. The monoisotopic (exact) mass is 379 g/mol. The zero-order valence-electron chi connectivity index (χ0n) is 16.2. The predicted octanol–water partition coefficient (Wildman–Crippen LogP) is 2.06. The molecule has 4 rings (SSSR count). The second kappa shape index (κ2) is 7.26. The number of H-pyrrole nitrogens is 1. The Bertz CT molecular complexity index is 1080. The molecule has 2 aromatic heterocycles. The molecule has 0 spiro atoms. The number of rotatable bonds is 3. The first kappa shape index (κ1) is 18.5. The molecule has 1 fully saturated rings. The van der Waals surface area contributed by atoms with E-state index in [1.807, 2.05) is 12.1 Å². The van der Waals surface area contributed by atoms with Crippen molar-refractivity contribution in [3.8, 4) is 11.3 Å². The number of fused-ring (bicyclic) bond motifs is 1.